The first-order valence-corrected chi connectivity index (χ1v) is 6.30. The van der Waals surface area contributed by atoms with Crippen LogP contribution in [0.1, 0.15) is 37.3 Å². The summed E-state index contributed by atoms with van der Waals surface area (Å²) in [5, 5.41) is 0. The minimum absolute atomic E-state index is 0.357. The molecule has 0 spiro atoms. The van der Waals surface area contributed by atoms with Crippen LogP contribution in [0.4, 0.5) is 0 Å². The molecule has 1 heterocycles. The van der Waals surface area contributed by atoms with E-state index in [-0.39, 0.29) is 0 Å². The standard InChI is InChI=1S/C14H21NO2/c1-3-11(2)12-4-6-13(7-5-12)14(10-15)16-8-9-17-14/h4-7,11H,3,8-10,15H2,1-2H3. The Kier molecular flexibility index (Phi) is 3.82. The highest BCUT2D eigenvalue weighted by Crippen LogP contribution is 2.31. The molecule has 94 valence electrons. The summed E-state index contributed by atoms with van der Waals surface area (Å²) >= 11 is 0. The van der Waals surface area contributed by atoms with Crippen molar-refractivity contribution in [2.24, 2.45) is 5.73 Å². The van der Waals surface area contributed by atoms with Crippen LogP contribution in [-0.2, 0) is 15.3 Å². The van der Waals surface area contributed by atoms with Gasteiger partial charge in [-0.15, -0.1) is 0 Å². The van der Waals surface area contributed by atoms with Crippen molar-refractivity contribution in [1.29, 1.82) is 0 Å². The molecule has 1 atom stereocenters. The van der Waals surface area contributed by atoms with Crippen molar-refractivity contribution >= 4 is 0 Å². The lowest BCUT2D eigenvalue weighted by Gasteiger charge is -2.26. The summed E-state index contributed by atoms with van der Waals surface area (Å²) in [6.45, 7) is 6.02. The van der Waals surface area contributed by atoms with E-state index in [1.165, 1.54) is 5.56 Å². The summed E-state index contributed by atoms with van der Waals surface area (Å²) in [4.78, 5) is 0. The van der Waals surface area contributed by atoms with Crippen LogP contribution in [0.3, 0.4) is 0 Å². The van der Waals surface area contributed by atoms with E-state index in [1.807, 2.05) is 0 Å². The normalized spacial score (nSPS) is 20.4. The lowest BCUT2D eigenvalue weighted by Crippen LogP contribution is -2.36. The molecule has 1 aromatic rings. The molecule has 3 heteroatoms. The highest BCUT2D eigenvalue weighted by Gasteiger charge is 2.37. The lowest BCUT2D eigenvalue weighted by molar-refractivity contribution is -0.156. The van der Waals surface area contributed by atoms with Crippen LogP contribution in [0, 0.1) is 0 Å². The van der Waals surface area contributed by atoms with E-state index in [2.05, 4.69) is 38.1 Å². The van der Waals surface area contributed by atoms with Crippen LogP contribution < -0.4 is 5.73 Å². The molecule has 0 aromatic heterocycles. The van der Waals surface area contributed by atoms with Gasteiger partial charge in [0.25, 0.3) is 0 Å². The highest BCUT2D eigenvalue weighted by molar-refractivity contribution is 5.28. The Balaban J connectivity index is 2.22. The number of hydrogen-bond acceptors (Lipinski definition) is 3. The molecule has 1 aliphatic rings. The van der Waals surface area contributed by atoms with Crippen molar-refractivity contribution in [1.82, 2.24) is 0 Å². The minimum atomic E-state index is -0.714. The zero-order chi connectivity index (χ0) is 12.3. The third-order valence-corrected chi connectivity index (χ3v) is 3.55. The molecule has 1 saturated heterocycles. The maximum absolute atomic E-state index is 5.77. The van der Waals surface area contributed by atoms with Crippen LogP contribution in [0.25, 0.3) is 0 Å². The van der Waals surface area contributed by atoms with Crippen LogP contribution in [0.15, 0.2) is 24.3 Å². The van der Waals surface area contributed by atoms with Crippen LogP contribution in [-0.4, -0.2) is 19.8 Å². The van der Waals surface area contributed by atoms with Gasteiger partial charge in [-0.05, 0) is 17.9 Å². The van der Waals surface area contributed by atoms with Gasteiger partial charge in [0.15, 0.2) is 0 Å². The lowest BCUT2D eigenvalue weighted by atomic mass is 9.95. The van der Waals surface area contributed by atoms with Crippen LogP contribution in [0.2, 0.25) is 0 Å². The second kappa shape index (κ2) is 5.17. The Morgan fingerprint density at radius 3 is 2.29 bits per heavy atom. The molecular weight excluding hydrogens is 214 g/mol. The van der Waals surface area contributed by atoms with Gasteiger partial charge in [-0.3, -0.25) is 0 Å². The number of benzene rings is 1. The largest absolute Gasteiger partial charge is 0.342 e. The maximum Gasteiger partial charge on any atom is 0.207 e. The molecular formula is C14H21NO2. The fourth-order valence-corrected chi connectivity index (χ4v) is 2.16. The van der Waals surface area contributed by atoms with Gasteiger partial charge in [0, 0.05) is 5.56 Å². The second-order valence-corrected chi connectivity index (χ2v) is 4.59. The minimum Gasteiger partial charge on any atom is -0.342 e. The van der Waals surface area contributed by atoms with Crippen LogP contribution in [0.5, 0.6) is 0 Å². The average Bonchev–Trinajstić information content (AvgIpc) is 2.88. The Morgan fingerprint density at radius 2 is 1.82 bits per heavy atom. The molecule has 1 unspecified atom stereocenters. The third kappa shape index (κ3) is 2.37. The fourth-order valence-electron chi connectivity index (χ4n) is 2.16. The van der Waals surface area contributed by atoms with Gasteiger partial charge in [-0.25, -0.2) is 0 Å². The summed E-state index contributed by atoms with van der Waals surface area (Å²) in [6, 6.07) is 8.43. The van der Waals surface area contributed by atoms with Crippen molar-refractivity contribution in [2.75, 3.05) is 19.8 Å². The van der Waals surface area contributed by atoms with Gasteiger partial charge in [-0.2, -0.15) is 0 Å². The molecule has 2 N–H and O–H groups in total. The molecule has 17 heavy (non-hydrogen) atoms. The number of nitrogens with two attached hydrogens (primary N) is 1. The molecule has 1 aliphatic heterocycles. The Hall–Kier alpha value is -0.900. The van der Waals surface area contributed by atoms with Crippen molar-refractivity contribution in [3.05, 3.63) is 35.4 Å². The third-order valence-electron chi connectivity index (χ3n) is 3.55. The Morgan fingerprint density at radius 1 is 1.24 bits per heavy atom. The van der Waals surface area contributed by atoms with Crippen molar-refractivity contribution in [2.45, 2.75) is 32.0 Å². The van der Waals surface area contributed by atoms with Crippen molar-refractivity contribution in [3.63, 3.8) is 0 Å². The molecule has 0 saturated carbocycles. The van der Waals surface area contributed by atoms with Gasteiger partial charge in [0.2, 0.25) is 5.79 Å². The fraction of sp³-hybridized carbons (Fsp3) is 0.571. The molecule has 1 fully saturated rings. The van der Waals surface area contributed by atoms with Crippen molar-refractivity contribution in [3.8, 4) is 0 Å². The monoisotopic (exact) mass is 235 g/mol. The first-order chi connectivity index (χ1) is 8.22. The zero-order valence-electron chi connectivity index (χ0n) is 10.6. The first-order valence-electron chi connectivity index (χ1n) is 6.30. The van der Waals surface area contributed by atoms with E-state index in [9.17, 15) is 0 Å². The van der Waals surface area contributed by atoms with E-state index in [0.29, 0.717) is 25.7 Å². The molecule has 2 rings (SSSR count). The molecule has 0 bridgehead atoms. The van der Waals surface area contributed by atoms with Crippen molar-refractivity contribution < 1.29 is 9.47 Å². The number of ether oxygens (including phenoxy) is 2. The molecule has 0 radical (unpaired) electrons. The highest BCUT2D eigenvalue weighted by atomic mass is 16.7. The van der Waals surface area contributed by atoms with Gasteiger partial charge in [0.1, 0.15) is 0 Å². The average molecular weight is 235 g/mol. The summed E-state index contributed by atoms with van der Waals surface area (Å²) < 4.78 is 11.3. The van der Waals surface area contributed by atoms with E-state index >= 15 is 0 Å². The van der Waals surface area contributed by atoms with E-state index in [0.717, 1.165) is 12.0 Å². The van der Waals surface area contributed by atoms with E-state index < -0.39 is 5.79 Å². The van der Waals surface area contributed by atoms with E-state index in [1.54, 1.807) is 0 Å². The zero-order valence-corrected chi connectivity index (χ0v) is 10.6. The molecule has 1 aromatic carbocycles. The molecule has 0 amide bonds. The molecule has 0 aliphatic carbocycles. The SMILES string of the molecule is CCC(C)c1ccc(C2(CN)OCCO2)cc1. The van der Waals surface area contributed by atoms with Gasteiger partial charge in [-0.1, -0.05) is 38.1 Å². The Bertz CT molecular complexity index is 355. The number of hydrogen-bond donors (Lipinski definition) is 1. The summed E-state index contributed by atoms with van der Waals surface area (Å²) in [7, 11) is 0. The maximum atomic E-state index is 5.77. The van der Waals surface area contributed by atoms with Gasteiger partial charge < -0.3 is 15.2 Å². The summed E-state index contributed by atoms with van der Waals surface area (Å²) in [5.74, 6) is -0.128. The summed E-state index contributed by atoms with van der Waals surface area (Å²) in [6.07, 6.45) is 1.15. The second-order valence-electron chi connectivity index (χ2n) is 4.59. The predicted molar refractivity (Wildman–Crippen MR) is 67.8 cm³/mol. The molecule has 3 nitrogen and oxygen atoms in total. The smallest absolute Gasteiger partial charge is 0.207 e. The first kappa shape index (κ1) is 12.6. The van der Waals surface area contributed by atoms with Gasteiger partial charge in [0.05, 0.1) is 19.8 Å². The number of rotatable bonds is 4. The summed E-state index contributed by atoms with van der Waals surface area (Å²) in [5.41, 5.74) is 8.14. The quantitative estimate of drug-likeness (QED) is 0.871. The Labute approximate surface area is 103 Å². The van der Waals surface area contributed by atoms with Gasteiger partial charge >= 0.3 is 0 Å². The van der Waals surface area contributed by atoms with E-state index in [4.69, 9.17) is 15.2 Å². The predicted octanol–water partition coefficient (Wildman–Crippen LogP) is 2.36. The topological polar surface area (TPSA) is 44.5 Å². The van der Waals surface area contributed by atoms with Crippen LogP contribution >= 0.6 is 0 Å².